The van der Waals surface area contributed by atoms with Gasteiger partial charge in [-0.05, 0) is 39.3 Å². The molecule has 0 aromatic rings. The minimum atomic E-state index is -0.384. The lowest BCUT2D eigenvalue weighted by molar-refractivity contribution is 0.0349. The van der Waals surface area contributed by atoms with E-state index in [2.05, 4.69) is 24.1 Å². The number of nitrogens with one attached hydrogen (secondary N) is 1. The highest BCUT2D eigenvalue weighted by molar-refractivity contribution is 4.73. The monoisotopic (exact) mass is 272 g/mol. The summed E-state index contributed by atoms with van der Waals surface area (Å²) >= 11 is 0. The van der Waals surface area contributed by atoms with E-state index in [1.54, 1.807) is 0 Å². The van der Waals surface area contributed by atoms with E-state index < -0.39 is 0 Å². The maximum Gasteiger partial charge on any atom is 0.0897 e. The molecule has 0 saturated carbocycles. The summed E-state index contributed by atoms with van der Waals surface area (Å²) in [6.45, 7) is 9.65. The van der Waals surface area contributed by atoms with Crippen LogP contribution in [-0.4, -0.2) is 61.5 Å². The second-order valence-corrected chi connectivity index (χ2v) is 5.69. The lowest BCUT2D eigenvalue weighted by atomic mass is 10.1. The van der Waals surface area contributed by atoms with Gasteiger partial charge in [0.2, 0.25) is 0 Å². The van der Waals surface area contributed by atoms with Gasteiger partial charge in [0.05, 0.1) is 12.7 Å². The zero-order chi connectivity index (χ0) is 13.9. The number of aliphatic hydroxyl groups excluding tert-OH is 1. The van der Waals surface area contributed by atoms with Crippen molar-refractivity contribution in [3.8, 4) is 0 Å². The molecule has 1 rings (SSSR count). The summed E-state index contributed by atoms with van der Waals surface area (Å²) in [5.74, 6) is 0. The molecule has 0 aromatic carbocycles. The number of aliphatic hydroxyl groups is 1. The fourth-order valence-electron chi connectivity index (χ4n) is 2.47. The highest BCUT2D eigenvalue weighted by Gasteiger charge is 2.16. The topological polar surface area (TPSA) is 44.7 Å². The van der Waals surface area contributed by atoms with Crippen LogP contribution in [0.2, 0.25) is 0 Å². The quantitative estimate of drug-likeness (QED) is 0.593. The minimum Gasteiger partial charge on any atom is -0.389 e. The summed E-state index contributed by atoms with van der Waals surface area (Å²) in [6, 6.07) is 0.563. The van der Waals surface area contributed by atoms with Crippen LogP contribution in [0.5, 0.6) is 0 Å². The van der Waals surface area contributed by atoms with Crippen LogP contribution in [-0.2, 0) is 4.74 Å². The fourth-order valence-corrected chi connectivity index (χ4v) is 2.47. The van der Waals surface area contributed by atoms with Crippen LogP contribution in [0.25, 0.3) is 0 Å². The number of hydrogen-bond acceptors (Lipinski definition) is 4. The molecule has 2 unspecified atom stereocenters. The first kappa shape index (κ1) is 16.9. The van der Waals surface area contributed by atoms with Crippen LogP contribution in [0.15, 0.2) is 0 Å². The standard InChI is InChI=1S/C15H32N2O2/c1-3-4-10-19-13-15(18)12-16-11-14(2)17-8-6-5-7-9-17/h14-16,18H,3-13H2,1-2H3. The van der Waals surface area contributed by atoms with Crippen LogP contribution in [0.1, 0.15) is 46.0 Å². The molecule has 4 nitrogen and oxygen atoms in total. The van der Waals surface area contributed by atoms with Crippen LogP contribution in [0, 0.1) is 0 Å². The van der Waals surface area contributed by atoms with Gasteiger partial charge in [0, 0.05) is 25.7 Å². The Labute approximate surface area is 118 Å². The third-order valence-electron chi connectivity index (χ3n) is 3.79. The van der Waals surface area contributed by atoms with Gasteiger partial charge in [0.1, 0.15) is 0 Å². The Balaban J connectivity index is 1.98. The summed E-state index contributed by atoms with van der Waals surface area (Å²) in [6.07, 6.45) is 5.87. The lowest BCUT2D eigenvalue weighted by Crippen LogP contribution is -2.44. The van der Waals surface area contributed by atoms with Crippen molar-refractivity contribution in [1.29, 1.82) is 0 Å². The second kappa shape index (κ2) is 10.6. The van der Waals surface area contributed by atoms with Gasteiger partial charge in [-0.1, -0.05) is 19.8 Å². The Morgan fingerprint density at radius 2 is 1.95 bits per heavy atom. The van der Waals surface area contributed by atoms with E-state index in [0.29, 0.717) is 19.2 Å². The number of likely N-dealkylation sites (tertiary alicyclic amines) is 1. The molecule has 1 saturated heterocycles. The maximum atomic E-state index is 9.77. The number of unbranched alkanes of at least 4 members (excludes halogenated alkanes) is 1. The molecular formula is C15H32N2O2. The van der Waals surface area contributed by atoms with Gasteiger partial charge >= 0.3 is 0 Å². The summed E-state index contributed by atoms with van der Waals surface area (Å²) < 4.78 is 5.41. The third kappa shape index (κ3) is 7.88. The molecule has 0 aliphatic carbocycles. The van der Waals surface area contributed by atoms with E-state index in [1.807, 2.05) is 0 Å². The van der Waals surface area contributed by atoms with Crippen LogP contribution in [0.4, 0.5) is 0 Å². The van der Waals surface area contributed by atoms with Crippen molar-refractivity contribution in [1.82, 2.24) is 10.2 Å². The lowest BCUT2D eigenvalue weighted by Gasteiger charge is -2.32. The molecule has 2 atom stereocenters. The van der Waals surface area contributed by atoms with Crippen molar-refractivity contribution in [3.63, 3.8) is 0 Å². The highest BCUT2D eigenvalue weighted by atomic mass is 16.5. The van der Waals surface area contributed by atoms with Crippen molar-refractivity contribution >= 4 is 0 Å². The van der Waals surface area contributed by atoms with Gasteiger partial charge in [-0.3, -0.25) is 4.90 Å². The molecule has 114 valence electrons. The van der Waals surface area contributed by atoms with Gasteiger partial charge in [0.15, 0.2) is 0 Å². The Morgan fingerprint density at radius 1 is 1.21 bits per heavy atom. The first-order chi connectivity index (χ1) is 9.24. The summed E-state index contributed by atoms with van der Waals surface area (Å²) in [5, 5.41) is 13.1. The van der Waals surface area contributed by atoms with Crippen LogP contribution < -0.4 is 5.32 Å². The molecule has 4 heteroatoms. The average Bonchev–Trinajstić information content (AvgIpc) is 2.44. The van der Waals surface area contributed by atoms with Crippen molar-refractivity contribution in [3.05, 3.63) is 0 Å². The largest absolute Gasteiger partial charge is 0.389 e. The SMILES string of the molecule is CCCCOCC(O)CNCC(C)N1CCCCC1. The summed E-state index contributed by atoms with van der Waals surface area (Å²) in [7, 11) is 0. The predicted octanol–water partition coefficient (Wildman–Crippen LogP) is 1.63. The molecule has 0 spiro atoms. The number of piperidine rings is 1. The third-order valence-corrected chi connectivity index (χ3v) is 3.79. The normalized spacial score (nSPS) is 20.4. The Kier molecular flexibility index (Phi) is 9.43. The number of ether oxygens (including phenoxy) is 1. The molecule has 0 aromatic heterocycles. The summed E-state index contributed by atoms with van der Waals surface area (Å²) in [4.78, 5) is 2.54. The van der Waals surface area contributed by atoms with Gasteiger partial charge in [0.25, 0.3) is 0 Å². The first-order valence-electron chi connectivity index (χ1n) is 7.94. The van der Waals surface area contributed by atoms with E-state index >= 15 is 0 Å². The van der Waals surface area contributed by atoms with Crippen LogP contribution >= 0.6 is 0 Å². The van der Waals surface area contributed by atoms with Crippen molar-refractivity contribution < 1.29 is 9.84 Å². The zero-order valence-electron chi connectivity index (χ0n) is 12.7. The van der Waals surface area contributed by atoms with Crippen molar-refractivity contribution in [2.24, 2.45) is 0 Å². The zero-order valence-corrected chi connectivity index (χ0v) is 12.7. The van der Waals surface area contributed by atoms with E-state index in [-0.39, 0.29) is 6.10 Å². The van der Waals surface area contributed by atoms with Crippen LogP contribution in [0.3, 0.4) is 0 Å². The number of nitrogens with zero attached hydrogens (tertiary/aromatic N) is 1. The molecule has 1 aliphatic rings. The molecule has 0 amide bonds. The Bertz CT molecular complexity index is 208. The van der Waals surface area contributed by atoms with E-state index in [1.165, 1.54) is 32.4 Å². The molecule has 19 heavy (non-hydrogen) atoms. The Morgan fingerprint density at radius 3 is 2.63 bits per heavy atom. The second-order valence-electron chi connectivity index (χ2n) is 5.69. The maximum absolute atomic E-state index is 9.77. The number of rotatable bonds is 10. The van der Waals surface area contributed by atoms with E-state index in [4.69, 9.17) is 4.74 Å². The van der Waals surface area contributed by atoms with E-state index in [9.17, 15) is 5.11 Å². The number of hydrogen-bond donors (Lipinski definition) is 2. The van der Waals surface area contributed by atoms with Gasteiger partial charge < -0.3 is 15.2 Å². The molecular weight excluding hydrogens is 240 g/mol. The van der Waals surface area contributed by atoms with Crippen molar-refractivity contribution in [2.75, 3.05) is 39.4 Å². The predicted molar refractivity (Wildman–Crippen MR) is 79.5 cm³/mol. The Hall–Kier alpha value is -0.160. The van der Waals surface area contributed by atoms with Gasteiger partial charge in [-0.2, -0.15) is 0 Å². The highest BCUT2D eigenvalue weighted by Crippen LogP contribution is 2.11. The molecule has 0 bridgehead atoms. The van der Waals surface area contributed by atoms with Crippen molar-refractivity contribution in [2.45, 2.75) is 58.1 Å². The minimum absolute atomic E-state index is 0.384. The molecule has 2 N–H and O–H groups in total. The molecule has 0 radical (unpaired) electrons. The average molecular weight is 272 g/mol. The smallest absolute Gasteiger partial charge is 0.0897 e. The molecule has 1 aliphatic heterocycles. The fraction of sp³-hybridized carbons (Fsp3) is 1.00. The first-order valence-corrected chi connectivity index (χ1v) is 7.94. The summed E-state index contributed by atoms with van der Waals surface area (Å²) in [5.41, 5.74) is 0. The van der Waals surface area contributed by atoms with Gasteiger partial charge in [-0.25, -0.2) is 0 Å². The van der Waals surface area contributed by atoms with Gasteiger partial charge in [-0.15, -0.1) is 0 Å². The molecule has 1 fully saturated rings. The molecule has 1 heterocycles. The van der Waals surface area contributed by atoms with E-state index in [0.717, 1.165) is 26.0 Å².